The molecule has 52 valence electrons. The molecule has 0 atom stereocenters. The zero-order valence-corrected chi connectivity index (χ0v) is 5.14. The van der Waals surface area contributed by atoms with Gasteiger partial charge in [0.2, 0.25) is 0 Å². The van der Waals surface area contributed by atoms with Crippen LogP contribution in [0.15, 0.2) is 29.7 Å². The summed E-state index contributed by atoms with van der Waals surface area (Å²) in [5.41, 5.74) is 0. The Labute approximate surface area is 57.8 Å². The maximum Gasteiger partial charge on any atom is 0.415 e. The lowest BCUT2D eigenvalue weighted by molar-refractivity contribution is 0.175. The largest absolute Gasteiger partial charge is 0.464 e. The average molecular weight is 138 g/mol. The summed E-state index contributed by atoms with van der Waals surface area (Å²) in [6.07, 6.45) is 6.23. The Morgan fingerprint density at radius 3 is 3.00 bits per heavy atom. The highest BCUT2D eigenvalue weighted by Crippen LogP contribution is 1.95. The number of rotatable bonds is 0. The third-order valence-corrected chi connectivity index (χ3v) is 0.953. The molecule has 0 spiro atoms. The smallest absolute Gasteiger partial charge is 0.415 e. The van der Waals surface area contributed by atoms with Crippen LogP contribution in [0.5, 0.6) is 0 Å². The number of nitrogens with zero attached hydrogens (tertiary/aromatic N) is 2. The lowest BCUT2D eigenvalue weighted by Gasteiger charge is -2.04. The van der Waals surface area contributed by atoms with Crippen LogP contribution in [-0.2, 0) is 0 Å². The Morgan fingerprint density at radius 2 is 2.30 bits per heavy atom. The summed E-state index contributed by atoms with van der Waals surface area (Å²) in [7, 11) is 0. The van der Waals surface area contributed by atoms with Crippen LogP contribution in [0.4, 0.5) is 4.79 Å². The first-order valence-electron chi connectivity index (χ1n) is 2.68. The van der Waals surface area contributed by atoms with E-state index in [1.165, 1.54) is 24.8 Å². The van der Waals surface area contributed by atoms with E-state index in [-0.39, 0.29) is 0 Å². The third kappa shape index (κ3) is 1.45. The molecule has 1 N–H and O–H groups in total. The molecular weight excluding hydrogens is 132 g/mol. The van der Waals surface area contributed by atoms with Gasteiger partial charge in [-0.05, 0) is 6.08 Å². The zero-order valence-electron chi connectivity index (χ0n) is 5.14. The van der Waals surface area contributed by atoms with Gasteiger partial charge in [0.1, 0.15) is 0 Å². The van der Waals surface area contributed by atoms with E-state index >= 15 is 0 Å². The fourth-order valence-electron chi connectivity index (χ4n) is 0.518. The van der Waals surface area contributed by atoms with Gasteiger partial charge in [-0.25, -0.2) is 4.79 Å². The average Bonchev–Trinajstić information content (AvgIpc) is 2.12. The molecule has 1 rings (SSSR count). The standard InChI is InChI=1S/C6H6N2O2/c9-6(10)8-4-1-2-7-3-5-8/h1-5H,(H,9,10). The number of carboxylic acid groups (broad SMARTS) is 1. The van der Waals surface area contributed by atoms with E-state index in [1.54, 1.807) is 6.08 Å². The summed E-state index contributed by atoms with van der Waals surface area (Å²) in [5, 5.41) is 8.43. The first-order valence-corrected chi connectivity index (χ1v) is 2.68. The monoisotopic (exact) mass is 138 g/mol. The van der Waals surface area contributed by atoms with Gasteiger partial charge in [0.05, 0.1) is 0 Å². The van der Waals surface area contributed by atoms with E-state index in [0.29, 0.717) is 0 Å². The van der Waals surface area contributed by atoms with Crippen LogP contribution in [0.3, 0.4) is 0 Å². The van der Waals surface area contributed by atoms with Gasteiger partial charge in [0, 0.05) is 24.8 Å². The lowest BCUT2D eigenvalue weighted by Crippen LogP contribution is -2.16. The van der Waals surface area contributed by atoms with Gasteiger partial charge in [-0.15, -0.1) is 0 Å². The minimum Gasteiger partial charge on any atom is -0.464 e. The van der Waals surface area contributed by atoms with Crippen LogP contribution in [0.25, 0.3) is 0 Å². The Bertz CT molecular complexity index is 202. The van der Waals surface area contributed by atoms with Gasteiger partial charge >= 0.3 is 6.09 Å². The van der Waals surface area contributed by atoms with Crippen LogP contribution >= 0.6 is 0 Å². The Morgan fingerprint density at radius 1 is 1.50 bits per heavy atom. The van der Waals surface area contributed by atoms with E-state index in [2.05, 4.69) is 4.99 Å². The quantitative estimate of drug-likeness (QED) is 0.543. The number of allylic oxidation sites excluding steroid dienone is 1. The van der Waals surface area contributed by atoms with E-state index in [4.69, 9.17) is 5.11 Å². The van der Waals surface area contributed by atoms with Crippen LogP contribution in [0.1, 0.15) is 0 Å². The molecule has 0 aromatic heterocycles. The number of amides is 1. The number of hydrogen-bond donors (Lipinski definition) is 1. The highest BCUT2D eigenvalue weighted by atomic mass is 16.4. The first kappa shape index (κ1) is 6.54. The molecule has 4 nitrogen and oxygen atoms in total. The van der Waals surface area contributed by atoms with Gasteiger partial charge in [-0.3, -0.25) is 9.89 Å². The minimum atomic E-state index is -1.02. The van der Waals surface area contributed by atoms with Crippen molar-refractivity contribution in [1.82, 2.24) is 4.90 Å². The molecule has 0 fully saturated rings. The Kier molecular flexibility index (Phi) is 1.84. The summed E-state index contributed by atoms with van der Waals surface area (Å²) in [4.78, 5) is 15.0. The molecule has 0 aromatic rings. The molecule has 1 heterocycles. The number of aliphatic imine (C=N–C) groups is 1. The first-order chi connectivity index (χ1) is 4.80. The second kappa shape index (κ2) is 2.82. The van der Waals surface area contributed by atoms with Gasteiger partial charge in [-0.1, -0.05) is 0 Å². The molecule has 1 amide bonds. The maximum atomic E-state index is 10.3. The molecule has 0 aliphatic carbocycles. The summed E-state index contributed by atoms with van der Waals surface area (Å²) < 4.78 is 0. The van der Waals surface area contributed by atoms with Crippen LogP contribution in [-0.4, -0.2) is 22.3 Å². The molecule has 0 radical (unpaired) electrons. The van der Waals surface area contributed by atoms with Gasteiger partial charge in [0.25, 0.3) is 0 Å². The fraction of sp³-hybridized carbons (Fsp3) is 0. The van der Waals surface area contributed by atoms with Crippen LogP contribution in [0.2, 0.25) is 0 Å². The van der Waals surface area contributed by atoms with E-state index in [0.717, 1.165) is 4.90 Å². The summed E-state index contributed by atoms with van der Waals surface area (Å²) >= 11 is 0. The van der Waals surface area contributed by atoms with Gasteiger partial charge < -0.3 is 5.11 Å². The van der Waals surface area contributed by atoms with Crippen LogP contribution < -0.4 is 0 Å². The number of carbonyl (C=O) groups is 1. The normalized spacial score (nSPS) is 15.4. The van der Waals surface area contributed by atoms with Crippen molar-refractivity contribution in [3.63, 3.8) is 0 Å². The van der Waals surface area contributed by atoms with Crippen LogP contribution in [0, 0.1) is 0 Å². The lowest BCUT2D eigenvalue weighted by atomic mass is 10.6. The highest BCUT2D eigenvalue weighted by molar-refractivity contribution is 5.75. The topological polar surface area (TPSA) is 52.9 Å². The van der Waals surface area contributed by atoms with Crippen molar-refractivity contribution in [1.29, 1.82) is 0 Å². The molecule has 0 saturated heterocycles. The fourth-order valence-corrected chi connectivity index (χ4v) is 0.518. The molecule has 1 aliphatic rings. The molecule has 4 heteroatoms. The Hall–Kier alpha value is -1.58. The second-order valence-corrected chi connectivity index (χ2v) is 1.63. The molecule has 0 unspecified atom stereocenters. The predicted molar refractivity (Wildman–Crippen MR) is 36.6 cm³/mol. The van der Waals surface area contributed by atoms with Gasteiger partial charge in [0.15, 0.2) is 0 Å². The zero-order chi connectivity index (χ0) is 7.40. The minimum absolute atomic E-state index is 1.02. The second-order valence-electron chi connectivity index (χ2n) is 1.63. The molecule has 0 aromatic carbocycles. The Balaban J connectivity index is 2.72. The molecular formula is C6H6N2O2. The van der Waals surface area contributed by atoms with E-state index < -0.39 is 6.09 Å². The molecule has 0 bridgehead atoms. The summed E-state index contributed by atoms with van der Waals surface area (Å²) in [6, 6.07) is 0. The van der Waals surface area contributed by atoms with Crippen molar-refractivity contribution in [3.8, 4) is 0 Å². The maximum absolute atomic E-state index is 10.3. The van der Waals surface area contributed by atoms with E-state index in [9.17, 15) is 4.79 Å². The van der Waals surface area contributed by atoms with Crippen molar-refractivity contribution < 1.29 is 9.90 Å². The van der Waals surface area contributed by atoms with Gasteiger partial charge in [-0.2, -0.15) is 0 Å². The molecule has 10 heavy (non-hydrogen) atoms. The van der Waals surface area contributed by atoms with E-state index in [1.807, 2.05) is 0 Å². The number of hydrogen-bond acceptors (Lipinski definition) is 2. The van der Waals surface area contributed by atoms with Crippen molar-refractivity contribution in [2.75, 3.05) is 0 Å². The SMILES string of the molecule is O=C(O)N1C=CC=NC=C1. The predicted octanol–water partition coefficient (Wildman–Crippen LogP) is 1.04. The van der Waals surface area contributed by atoms with Crippen molar-refractivity contribution in [3.05, 3.63) is 24.7 Å². The van der Waals surface area contributed by atoms with Crippen molar-refractivity contribution >= 4 is 12.3 Å². The van der Waals surface area contributed by atoms with Crippen molar-refractivity contribution in [2.45, 2.75) is 0 Å². The highest BCUT2D eigenvalue weighted by Gasteiger charge is 2.02. The molecule has 0 saturated carbocycles. The molecule has 1 aliphatic heterocycles. The van der Waals surface area contributed by atoms with Crippen molar-refractivity contribution in [2.24, 2.45) is 4.99 Å². The summed E-state index contributed by atoms with van der Waals surface area (Å²) in [5.74, 6) is 0. The third-order valence-electron chi connectivity index (χ3n) is 0.953. The summed E-state index contributed by atoms with van der Waals surface area (Å²) in [6.45, 7) is 0.